The fourth-order valence-electron chi connectivity index (χ4n) is 3.62. The van der Waals surface area contributed by atoms with Gasteiger partial charge in [0.25, 0.3) is 0 Å². The number of methoxy groups -OCH3 is 1. The number of nitrogens with two attached hydrogens (primary N) is 1. The molecule has 0 aliphatic carbocycles. The molecule has 0 bridgehead atoms. The molecule has 2 N–H and O–H groups in total. The zero-order valence-electron chi connectivity index (χ0n) is 16.0. The predicted molar refractivity (Wildman–Crippen MR) is 110 cm³/mol. The topological polar surface area (TPSA) is 66.5 Å². The fourth-order valence-corrected chi connectivity index (χ4v) is 3.83. The average molecular weight is 391 g/mol. The maximum absolute atomic E-state index is 12.2. The first-order valence-corrected chi connectivity index (χ1v) is 9.89. The van der Waals surface area contributed by atoms with Crippen LogP contribution in [-0.2, 0) is 11.2 Å². The van der Waals surface area contributed by atoms with E-state index in [-0.39, 0.29) is 17.2 Å². The van der Waals surface area contributed by atoms with E-state index in [9.17, 15) is 4.79 Å². The third-order valence-electron chi connectivity index (χ3n) is 5.03. The molecule has 5 nitrogen and oxygen atoms in total. The summed E-state index contributed by atoms with van der Waals surface area (Å²) in [6.45, 7) is 3.39. The summed E-state index contributed by atoms with van der Waals surface area (Å²) in [5.41, 5.74) is 9.05. The summed E-state index contributed by atoms with van der Waals surface area (Å²) in [7, 11) is 1.68. The minimum absolute atomic E-state index is 0.153. The standard InChI is InChI=1S/C21H27ClN2O3/c1-3-4-6-15-9-14-10-21(27-8-5-7-26-2)17(22)11-16(14)19-12-20(25)18(23)13-24(15)19/h10-13,15H,3-9,23H2,1-2H3. The molecular weight excluding hydrogens is 364 g/mol. The number of fused-ring (bicyclic) bond motifs is 3. The molecule has 0 radical (unpaired) electrons. The van der Waals surface area contributed by atoms with Gasteiger partial charge in [-0.1, -0.05) is 31.4 Å². The van der Waals surface area contributed by atoms with Gasteiger partial charge >= 0.3 is 0 Å². The highest BCUT2D eigenvalue weighted by atomic mass is 35.5. The second-order valence-electron chi connectivity index (χ2n) is 7.02. The first kappa shape index (κ1) is 19.8. The van der Waals surface area contributed by atoms with E-state index >= 15 is 0 Å². The highest BCUT2D eigenvalue weighted by molar-refractivity contribution is 6.32. The van der Waals surface area contributed by atoms with E-state index < -0.39 is 0 Å². The van der Waals surface area contributed by atoms with Crippen LogP contribution in [0.15, 0.2) is 29.2 Å². The van der Waals surface area contributed by atoms with E-state index in [1.54, 1.807) is 19.4 Å². The molecular formula is C21H27ClN2O3. The third kappa shape index (κ3) is 4.30. The van der Waals surface area contributed by atoms with Crippen LogP contribution in [-0.4, -0.2) is 24.9 Å². The molecule has 1 unspecified atom stereocenters. The number of aromatic nitrogens is 1. The molecule has 0 fully saturated rings. The highest BCUT2D eigenvalue weighted by Crippen LogP contribution is 2.41. The zero-order chi connectivity index (χ0) is 19.4. The summed E-state index contributed by atoms with van der Waals surface area (Å²) in [4.78, 5) is 12.2. The lowest BCUT2D eigenvalue weighted by Gasteiger charge is -2.31. The summed E-state index contributed by atoms with van der Waals surface area (Å²) < 4.78 is 13.1. The summed E-state index contributed by atoms with van der Waals surface area (Å²) in [5.74, 6) is 0.687. The summed E-state index contributed by atoms with van der Waals surface area (Å²) in [6, 6.07) is 5.83. The Hall–Kier alpha value is -1.98. The van der Waals surface area contributed by atoms with Crippen LogP contribution in [0.3, 0.4) is 0 Å². The second kappa shape index (κ2) is 8.81. The van der Waals surface area contributed by atoms with Gasteiger partial charge < -0.3 is 19.8 Å². The molecule has 1 atom stereocenters. The molecule has 1 aliphatic heterocycles. The van der Waals surface area contributed by atoms with Gasteiger partial charge in [0, 0.05) is 44.0 Å². The number of pyridine rings is 1. The van der Waals surface area contributed by atoms with Crippen LogP contribution in [0.5, 0.6) is 5.75 Å². The quantitative estimate of drug-likeness (QED) is 0.676. The molecule has 2 aromatic rings. The number of benzene rings is 1. The number of unbranched alkanes of at least 4 members (excludes halogenated alkanes) is 1. The first-order valence-electron chi connectivity index (χ1n) is 9.51. The summed E-state index contributed by atoms with van der Waals surface area (Å²) in [5, 5.41) is 0.550. The van der Waals surface area contributed by atoms with Crippen LogP contribution in [0, 0.1) is 0 Å². The van der Waals surface area contributed by atoms with Gasteiger partial charge in [-0.05, 0) is 30.5 Å². The van der Waals surface area contributed by atoms with Crippen molar-refractivity contribution >= 4 is 17.3 Å². The second-order valence-corrected chi connectivity index (χ2v) is 7.43. The van der Waals surface area contributed by atoms with Crippen molar-refractivity contribution in [3.05, 3.63) is 45.2 Å². The molecule has 3 rings (SSSR count). The Labute approximate surface area is 165 Å². The van der Waals surface area contributed by atoms with Gasteiger partial charge in [-0.3, -0.25) is 4.79 Å². The van der Waals surface area contributed by atoms with Crippen LogP contribution in [0.2, 0.25) is 5.02 Å². The van der Waals surface area contributed by atoms with Crippen molar-refractivity contribution in [2.45, 2.75) is 45.1 Å². The van der Waals surface area contributed by atoms with Gasteiger partial charge in [-0.15, -0.1) is 0 Å². The lowest BCUT2D eigenvalue weighted by molar-refractivity contribution is 0.172. The molecule has 0 amide bonds. The molecule has 2 heterocycles. The van der Waals surface area contributed by atoms with Crippen molar-refractivity contribution < 1.29 is 9.47 Å². The SMILES string of the molecule is CCCCC1Cc2cc(OCCCOC)c(Cl)cc2-c2cc(=O)c(N)cn21. The molecule has 146 valence electrons. The number of halogens is 1. The number of anilines is 1. The monoisotopic (exact) mass is 390 g/mol. The maximum Gasteiger partial charge on any atom is 0.205 e. The Morgan fingerprint density at radius 3 is 2.81 bits per heavy atom. The maximum atomic E-state index is 12.2. The molecule has 1 aliphatic rings. The van der Waals surface area contributed by atoms with E-state index in [0.717, 1.165) is 48.9 Å². The van der Waals surface area contributed by atoms with Gasteiger partial charge in [-0.25, -0.2) is 0 Å². The van der Waals surface area contributed by atoms with Gasteiger partial charge in [0.05, 0.1) is 23.0 Å². The Morgan fingerprint density at radius 2 is 2.07 bits per heavy atom. The predicted octanol–water partition coefficient (Wildman–Crippen LogP) is 4.45. The van der Waals surface area contributed by atoms with E-state index in [1.165, 1.54) is 0 Å². The van der Waals surface area contributed by atoms with Gasteiger partial charge in [0.2, 0.25) is 5.43 Å². The molecule has 27 heavy (non-hydrogen) atoms. The van der Waals surface area contributed by atoms with Gasteiger partial charge in [0.15, 0.2) is 0 Å². The smallest absolute Gasteiger partial charge is 0.205 e. The number of hydrogen-bond acceptors (Lipinski definition) is 4. The molecule has 6 heteroatoms. The molecule has 0 spiro atoms. The van der Waals surface area contributed by atoms with Crippen LogP contribution < -0.4 is 15.9 Å². The van der Waals surface area contributed by atoms with Crippen molar-refractivity contribution in [1.82, 2.24) is 4.57 Å². The van der Waals surface area contributed by atoms with E-state index in [0.29, 0.717) is 24.0 Å². The van der Waals surface area contributed by atoms with E-state index in [2.05, 4.69) is 11.5 Å². The van der Waals surface area contributed by atoms with Gasteiger partial charge in [-0.2, -0.15) is 0 Å². The minimum atomic E-state index is -0.153. The number of ether oxygens (including phenoxy) is 2. The van der Waals surface area contributed by atoms with Crippen molar-refractivity contribution in [2.24, 2.45) is 0 Å². The molecule has 1 aromatic heterocycles. The Kier molecular flexibility index (Phi) is 6.45. The van der Waals surface area contributed by atoms with Crippen molar-refractivity contribution in [3.8, 4) is 17.0 Å². The highest BCUT2D eigenvalue weighted by Gasteiger charge is 2.25. The lowest BCUT2D eigenvalue weighted by atomic mass is 9.90. The van der Waals surface area contributed by atoms with Crippen LogP contribution in [0.1, 0.15) is 44.2 Å². The Morgan fingerprint density at radius 1 is 1.26 bits per heavy atom. The normalized spacial score (nSPS) is 15.3. The average Bonchev–Trinajstić information content (AvgIpc) is 2.65. The van der Waals surface area contributed by atoms with Crippen molar-refractivity contribution in [3.63, 3.8) is 0 Å². The van der Waals surface area contributed by atoms with Gasteiger partial charge in [0.1, 0.15) is 5.75 Å². The first-order chi connectivity index (χ1) is 13.0. The molecule has 0 saturated heterocycles. The van der Waals surface area contributed by atoms with Crippen LogP contribution >= 0.6 is 11.6 Å². The number of hydrogen-bond donors (Lipinski definition) is 1. The Bertz CT molecular complexity index is 863. The van der Waals surface area contributed by atoms with E-state index in [1.807, 2.05) is 12.1 Å². The number of rotatable bonds is 8. The fraction of sp³-hybridized carbons (Fsp3) is 0.476. The molecule has 0 saturated carbocycles. The third-order valence-corrected chi connectivity index (χ3v) is 5.33. The summed E-state index contributed by atoms with van der Waals surface area (Å²) >= 11 is 6.46. The number of nitrogen functional groups attached to an aromatic ring is 1. The van der Waals surface area contributed by atoms with Crippen LogP contribution in [0.4, 0.5) is 5.69 Å². The van der Waals surface area contributed by atoms with E-state index in [4.69, 9.17) is 26.8 Å². The summed E-state index contributed by atoms with van der Waals surface area (Å²) in [6.07, 6.45) is 6.75. The van der Waals surface area contributed by atoms with Crippen molar-refractivity contribution in [2.75, 3.05) is 26.1 Å². The largest absolute Gasteiger partial charge is 0.492 e. The van der Waals surface area contributed by atoms with Crippen molar-refractivity contribution in [1.29, 1.82) is 0 Å². The lowest BCUT2D eigenvalue weighted by Crippen LogP contribution is -2.23. The number of nitrogens with zero attached hydrogens (tertiary/aromatic N) is 1. The Balaban J connectivity index is 1.98. The minimum Gasteiger partial charge on any atom is -0.492 e. The zero-order valence-corrected chi connectivity index (χ0v) is 16.7. The van der Waals surface area contributed by atoms with Crippen LogP contribution in [0.25, 0.3) is 11.3 Å². The molecule has 1 aromatic carbocycles.